The summed E-state index contributed by atoms with van der Waals surface area (Å²) in [4.78, 5) is 23.0. The van der Waals surface area contributed by atoms with E-state index < -0.39 is 4.92 Å². The summed E-state index contributed by atoms with van der Waals surface area (Å²) in [5, 5.41) is 16.4. The third kappa shape index (κ3) is 2.62. The standard InChI is InChI=1S/C19H13ClN2O3/c20-17-8-6-12(22(24)25)9-16(17)15-10-18(23)21-19-13-4-2-1-3-11(13)5-7-14(15)19/h1-9,15H,10H2,(H,21,23). The van der Waals surface area contributed by atoms with E-state index in [1.165, 1.54) is 18.2 Å². The van der Waals surface area contributed by atoms with Gasteiger partial charge < -0.3 is 5.32 Å². The van der Waals surface area contributed by atoms with E-state index in [-0.39, 0.29) is 23.9 Å². The number of carbonyl (C=O) groups is 1. The second-order valence-electron chi connectivity index (χ2n) is 6.02. The number of nitro groups is 1. The summed E-state index contributed by atoms with van der Waals surface area (Å²) in [6, 6.07) is 16.1. The quantitative estimate of drug-likeness (QED) is 0.528. The van der Waals surface area contributed by atoms with Crippen LogP contribution in [0.1, 0.15) is 23.5 Å². The van der Waals surface area contributed by atoms with Crippen molar-refractivity contribution in [2.24, 2.45) is 0 Å². The van der Waals surface area contributed by atoms with Crippen molar-refractivity contribution in [1.29, 1.82) is 0 Å². The van der Waals surface area contributed by atoms with Gasteiger partial charge in [-0.2, -0.15) is 0 Å². The lowest BCUT2D eigenvalue weighted by Gasteiger charge is -2.27. The number of halogens is 1. The van der Waals surface area contributed by atoms with Gasteiger partial charge in [0, 0.05) is 34.9 Å². The van der Waals surface area contributed by atoms with E-state index in [4.69, 9.17) is 11.6 Å². The number of anilines is 1. The Hall–Kier alpha value is -2.92. The molecule has 1 atom stereocenters. The van der Waals surface area contributed by atoms with Crippen LogP contribution in [0.25, 0.3) is 10.8 Å². The van der Waals surface area contributed by atoms with Gasteiger partial charge in [0.05, 0.1) is 10.6 Å². The van der Waals surface area contributed by atoms with Crippen molar-refractivity contribution in [3.8, 4) is 0 Å². The average molecular weight is 353 g/mol. The topological polar surface area (TPSA) is 72.2 Å². The molecule has 0 aromatic heterocycles. The normalized spacial score (nSPS) is 16.4. The first-order chi connectivity index (χ1) is 12.0. The number of amides is 1. The largest absolute Gasteiger partial charge is 0.325 e. The predicted molar refractivity (Wildman–Crippen MR) is 97.1 cm³/mol. The lowest BCUT2D eigenvalue weighted by Crippen LogP contribution is -2.24. The van der Waals surface area contributed by atoms with Crippen LogP contribution in [-0.2, 0) is 4.79 Å². The summed E-state index contributed by atoms with van der Waals surface area (Å²) in [6.45, 7) is 0. The minimum absolute atomic E-state index is 0.0345. The fraction of sp³-hybridized carbons (Fsp3) is 0.105. The Kier molecular flexibility index (Phi) is 3.66. The summed E-state index contributed by atoms with van der Waals surface area (Å²) >= 11 is 6.31. The lowest BCUT2D eigenvalue weighted by atomic mass is 9.83. The molecule has 0 spiro atoms. The van der Waals surface area contributed by atoms with Crippen molar-refractivity contribution in [3.63, 3.8) is 0 Å². The molecule has 1 N–H and O–H groups in total. The molecule has 124 valence electrons. The number of hydrogen-bond donors (Lipinski definition) is 1. The summed E-state index contributed by atoms with van der Waals surface area (Å²) in [7, 11) is 0. The van der Waals surface area contributed by atoms with Crippen molar-refractivity contribution in [1.82, 2.24) is 0 Å². The zero-order valence-electron chi connectivity index (χ0n) is 13.0. The molecule has 1 heterocycles. The van der Waals surface area contributed by atoms with E-state index in [1.807, 2.05) is 36.4 Å². The molecule has 0 radical (unpaired) electrons. The highest BCUT2D eigenvalue weighted by atomic mass is 35.5. The molecule has 1 aliphatic rings. The van der Waals surface area contributed by atoms with E-state index in [0.29, 0.717) is 10.6 Å². The van der Waals surface area contributed by atoms with Gasteiger partial charge in [-0.3, -0.25) is 14.9 Å². The molecule has 4 rings (SSSR count). The van der Waals surface area contributed by atoms with Gasteiger partial charge in [-0.05, 0) is 22.6 Å². The van der Waals surface area contributed by atoms with Gasteiger partial charge in [-0.25, -0.2) is 0 Å². The number of nitrogens with one attached hydrogen (secondary N) is 1. The molecule has 3 aromatic rings. The maximum atomic E-state index is 12.3. The Bertz CT molecular complexity index is 1030. The zero-order valence-corrected chi connectivity index (χ0v) is 13.8. The van der Waals surface area contributed by atoms with Crippen molar-refractivity contribution >= 4 is 39.7 Å². The molecular formula is C19H13ClN2O3. The summed E-state index contributed by atoms with van der Waals surface area (Å²) in [5.41, 5.74) is 2.23. The maximum absolute atomic E-state index is 12.3. The van der Waals surface area contributed by atoms with Gasteiger partial charge in [0.15, 0.2) is 0 Å². The first-order valence-corrected chi connectivity index (χ1v) is 8.18. The Balaban J connectivity index is 1.94. The minimum Gasteiger partial charge on any atom is -0.325 e. The van der Waals surface area contributed by atoms with Crippen molar-refractivity contribution in [2.45, 2.75) is 12.3 Å². The van der Waals surface area contributed by atoms with Gasteiger partial charge in [0.1, 0.15) is 0 Å². The number of nitrogens with zero attached hydrogens (tertiary/aromatic N) is 1. The van der Waals surface area contributed by atoms with Gasteiger partial charge in [0.25, 0.3) is 5.69 Å². The molecule has 5 nitrogen and oxygen atoms in total. The maximum Gasteiger partial charge on any atom is 0.269 e. The Morgan fingerprint density at radius 1 is 1.08 bits per heavy atom. The first kappa shape index (κ1) is 15.6. The molecule has 0 fully saturated rings. The lowest BCUT2D eigenvalue weighted by molar-refractivity contribution is -0.384. The molecular weight excluding hydrogens is 340 g/mol. The molecule has 0 saturated carbocycles. The van der Waals surface area contributed by atoms with Crippen molar-refractivity contribution < 1.29 is 9.72 Å². The first-order valence-electron chi connectivity index (χ1n) is 7.80. The van der Waals surface area contributed by atoms with E-state index in [0.717, 1.165) is 22.0 Å². The summed E-state index contributed by atoms with van der Waals surface area (Å²) in [6.07, 6.45) is 0.201. The number of non-ortho nitro benzene ring substituents is 1. The molecule has 0 bridgehead atoms. The van der Waals surface area contributed by atoms with Gasteiger partial charge in [-0.15, -0.1) is 0 Å². The molecule has 25 heavy (non-hydrogen) atoms. The van der Waals surface area contributed by atoms with Crippen LogP contribution < -0.4 is 5.32 Å². The van der Waals surface area contributed by atoms with Crippen molar-refractivity contribution in [2.75, 3.05) is 5.32 Å². The highest BCUT2D eigenvalue weighted by Crippen LogP contribution is 2.43. The SMILES string of the molecule is O=C1CC(c2cc([N+](=O)[O-])ccc2Cl)c2ccc3ccccc3c2N1. The van der Waals surface area contributed by atoms with Crippen LogP contribution in [0.3, 0.4) is 0 Å². The van der Waals surface area contributed by atoms with Crippen LogP contribution in [-0.4, -0.2) is 10.8 Å². The fourth-order valence-electron chi connectivity index (χ4n) is 3.39. The number of hydrogen-bond acceptors (Lipinski definition) is 3. The second kappa shape index (κ2) is 5.86. The molecule has 1 unspecified atom stereocenters. The molecule has 1 aliphatic heterocycles. The highest BCUT2D eigenvalue weighted by molar-refractivity contribution is 6.31. The van der Waals surface area contributed by atoms with E-state index in [9.17, 15) is 14.9 Å². The minimum atomic E-state index is -0.454. The number of carbonyl (C=O) groups excluding carboxylic acids is 1. The van der Waals surface area contributed by atoms with Crippen LogP contribution in [0.4, 0.5) is 11.4 Å². The molecule has 0 aliphatic carbocycles. The molecule has 0 saturated heterocycles. The Morgan fingerprint density at radius 2 is 1.88 bits per heavy atom. The monoisotopic (exact) mass is 352 g/mol. The molecule has 6 heteroatoms. The van der Waals surface area contributed by atoms with Crippen LogP contribution in [0.15, 0.2) is 54.6 Å². The second-order valence-corrected chi connectivity index (χ2v) is 6.43. The van der Waals surface area contributed by atoms with Gasteiger partial charge >= 0.3 is 0 Å². The third-order valence-corrected chi connectivity index (χ3v) is 4.90. The van der Waals surface area contributed by atoms with Crippen LogP contribution in [0.2, 0.25) is 5.02 Å². The number of rotatable bonds is 2. The number of nitro benzene ring substituents is 1. The Morgan fingerprint density at radius 3 is 2.68 bits per heavy atom. The fourth-order valence-corrected chi connectivity index (χ4v) is 3.64. The summed E-state index contributed by atoms with van der Waals surface area (Å²) < 4.78 is 0. The van der Waals surface area contributed by atoms with Crippen LogP contribution in [0.5, 0.6) is 0 Å². The Labute approximate surface area is 148 Å². The van der Waals surface area contributed by atoms with E-state index in [2.05, 4.69) is 5.32 Å². The van der Waals surface area contributed by atoms with E-state index in [1.54, 1.807) is 0 Å². The van der Waals surface area contributed by atoms with Crippen LogP contribution >= 0.6 is 11.6 Å². The zero-order chi connectivity index (χ0) is 17.6. The highest BCUT2D eigenvalue weighted by Gasteiger charge is 2.30. The van der Waals surface area contributed by atoms with Gasteiger partial charge in [0.2, 0.25) is 5.91 Å². The van der Waals surface area contributed by atoms with Crippen LogP contribution in [0, 0.1) is 10.1 Å². The predicted octanol–water partition coefficient (Wildman–Crippen LogP) is 4.88. The van der Waals surface area contributed by atoms with E-state index >= 15 is 0 Å². The molecule has 1 amide bonds. The average Bonchev–Trinajstić information content (AvgIpc) is 2.61. The van der Waals surface area contributed by atoms with Gasteiger partial charge in [-0.1, -0.05) is 48.0 Å². The summed E-state index contributed by atoms with van der Waals surface area (Å²) in [5.74, 6) is -0.447. The van der Waals surface area contributed by atoms with Crippen molar-refractivity contribution in [3.05, 3.63) is 80.9 Å². The third-order valence-electron chi connectivity index (χ3n) is 4.56. The number of benzene rings is 3. The molecule has 3 aromatic carbocycles. The number of fused-ring (bicyclic) bond motifs is 3. The smallest absolute Gasteiger partial charge is 0.269 e.